The minimum absolute atomic E-state index is 0.151. The van der Waals surface area contributed by atoms with Gasteiger partial charge in [-0.05, 0) is 44.0 Å². The SMILES string of the molecule is Cc1ccc(C)c(C(C)NC(=O)CN=C2NS(=O)(=O)c3ccccc32)c1. The number of nitrogens with one attached hydrogen (secondary N) is 2. The molecule has 0 aliphatic carbocycles. The Kier molecular flexibility index (Phi) is 4.82. The zero-order chi connectivity index (χ0) is 18.9. The van der Waals surface area contributed by atoms with E-state index in [1.54, 1.807) is 18.2 Å². The summed E-state index contributed by atoms with van der Waals surface area (Å²) in [7, 11) is -3.59. The predicted molar refractivity (Wildman–Crippen MR) is 101 cm³/mol. The highest BCUT2D eigenvalue weighted by molar-refractivity contribution is 7.90. The lowest BCUT2D eigenvalue weighted by Gasteiger charge is -2.17. The number of benzene rings is 2. The average Bonchev–Trinajstić information content (AvgIpc) is 2.86. The van der Waals surface area contributed by atoms with Crippen molar-refractivity contribution < 1.29 is 13.2 Å². The Hall–Kier alpha value is -2.67. The fourth-order valence-corrected chi connectivity index (χ4v) is 4.24. The largest absolute Gasteiger partial charge is 0.348 e. The second-order valence-electron chi connectivity index (χ2n) is 6.42. The molecule has 0 bridgehead atoms. The van der Waals surface area contributed by atoms with Crippen LogP contribution in [0.15, 0.2) is 52.4 Å². The zero-order valence-electron chi connectivity index (χ0n) is 14.9. The Morgan fingerprint density at radius 2 is 1.92 bits per heavy atom. The van der Waals surface area contributed by atoms with E-state index < -0.39 is 10.0 Å². The van der Waals surface area contributed by atoms with Gasteiger partial charge in [0.25, 0.3) is 10.0 Å². The number of aliphatic imine (C=N–C) groups is 1. The van der Waals surface area contributed by atoms with Crippen LogP contribution < -0.4 is 10.0 Å². The van der Waals surface area contributed by atoms with Crippen LogP contribution in [0.5, 0.6) is 0 Å². The molecule has 136 valence electrons. The maximum Gasteiger partial charge on any atom is 0.263 e. The Bertz CT molecular complexity index is 997. The van der Waals surface area contributed by atoms with Crippen LogP contribution in [0.4, 0.5) is 0 Å². The van der Waals surface area contributed by atoms with Gasteiger partial charge < -0.3 is 5.32 Å². The Balaban J connectivity index is 1.72. The average molecular weight is 371 g/mol. The number of hydrogen-bond acceptors (Lipinski definition) is 4. The van der Waals surface area contributed by atoms with Crippen molar-refractivity contribution in [3.8, 4) is 0 Å². The van der Waals surface area contributed by atoms with Crippen LogP contribution in [0.3, 0.4) is 0 Å². The van der Waals surface area contributed by atoms with Gasteiger partial charge in [-0.3, -0.25) is 14.5 Å². The van der Waals surface area contributed by atoms with E-state index >= 15 is 0 Å². The summed E-state index contributed by atoms with van der Waals surface area (Å²) in [6.45, 7) is 5.77. The number of sulfonamides is 1. The summed E-state index contributed by atoms with van der Waals surface area (Å²) in [5, 5.41) is 2.91. The molecule has 26 heavy (non-hydrogen) atoms. The molecule has 1 unspecified atom stereocenters. The molecule has 1 heterocycles. The Labute approximate surface area is 153 Å². The molecule has 6 nitrogen and oxygen atoms in total. The summed E-state index contributed by atoms with van der Waals surface area (Å²) in [6.07, 6.45) is 0. The van der Waals surface area contributed by atoms with E-state index in [1.165, 1.54) is 6.07 Å². The first kappa shape index (κ1) is 18.1. The second-order valence-corrected chi connectivity index (χ2v) is 8.07. The summed E-state index contributed by atoms with van der Waals surface area (Å²) < 4.78 is 26.5. The van der Waals surface area contributed by atoms with E-state index in [-0.39, 0.29) is 29.2 Å². The summed E-state index contributed by atoms with van der Waals surface area (Å²) in [5.74, 6) is -0.0652. The second kappa shape index (κ2) is 6.92. The van der Waals surface area contributed by atoms with Crippen LogP contribution in [0.1, 0.15) is 35.2 Å². The summed E-state index contributed by atoms with van der Waals surface area (Å²) in [5.41, 5.74) is 3.77. The first-order valence-corrected chi connectivity index (χ1v) is 9.79. The zero-order valence-corrected chi connectivity index (χ0v) is 15.7. The molecular formula is C19H21N3O3S. The van der Waals surface area contributed by atoms with Gasteiger partial charge in [-0.1, -0.05) is 35.9 Å². The van der Waals surface area contributed by atoms with Gasteiger partial charge >= 0.3 is 0 Å². The van der Waals surface area contributed by atoms with E-state index in [0.717, 1.165) is 16.7 Å². The Morgan fingerprint density at radius 3 is 2.69 bits per heavy atom. The molecule has 1 atom stereocenters. The monoisotopic (exact) mass is 371 g/mol. The number of aryl methyl sites for hydroxylation is 2. The van der Waals surface area contributed by atoms with Gasteiger partial charge in [-0.25, -0.2) is 8.42 Å². The van der Waals surface area contributed by atoms with Gasteiger partial charge in [-0.2, -0.15) is 0 Å². The van der Waals surface area contributed by atoms with Crippen LogP contribution in [0.2, 0.25) is 0 Å². The van der Waals surface area contributed by atoms with Crippen molar-refractivity contribution in [2.24, 2.45) is 4.99 Å². The van der Waals surface area contributed by atoms with Crippen molar-refractivity contribution >= 4 is 21.8 Å². The van der Waals surface area contributed by atoms with Crippen LogP contribution in [0, 0.1) is 13.8 Å². The van der Waals surface area contributed by atoms with Crippen LogP contribution >= 0.6 is 0 Å². The molecule has 0 spiro atoms. The van der Waals surface area contributed by atoms with Gasteiger partial charge in [0.1, 0.15) is 12.4 Å². The normalized spacial score (nSPS) is 17.4. The molecule has 0 aromatic heterocycles. The maximum absolute atomic E-state index is 12.3. The topological polar surface area (TPSA) is 87.6 Å². The minimum Gasteiger partial charge on any atom is -0.348 e. The first-order chi connectivity index (χ1) is 12.3. The van der Waals surface area contributed by atoms with Crippen molar-refractivity contribution in [1.29, 1.82) is 0 Å². The van der Waals surface area contributed by atoms with Crippen molar-refractivity contribution in [3.05, 3.63) is 64.7 Å². The molecule has 2 aromatic rings. The number of carbonyl (C=O) groups excluding carboxylic acids is 1. The summed E-state index contributed by atoms with van der Waals surface area (Å²) in [6, 6.07) is 12.5. The van der Waals surface area contributed by atoms with E-state index in [2.05, 4.69) is 15.0 Å². The van der Waals surface area contributed by atoms with E-state index in [4.69, 9.17) is 0 Å². The van der Waals surface area contributed by atoms with Crippen LogP contribution in [-0.2, 0) is 14.8 Å². The summed E-state index contributed by atoms with van der Waals surface area (Å²) in [4.78, 5) is 16.6. The molecule has 1 aliphatic rings. The number of fused-ring (bicyclic) bond motifs is 1. The minimum atomic E-state index is -3.59. The highest BCUT2D eigenvalue weighted by Gasteiger charge is 2.30. The molecule has 2 N–H and O–H groups in total. The lowest BCUT2D eigenvalue weighted by molar-refractivity contribution is -0.120. The predicted octanol–water partition coefficient (Wildman–Crippen LogP) is 2.22. The Morgan fingerprint density at radius 1 is 1.19 bits per heavy atom. The molecular weight excluding hydrogens is 350 g/mol. The third-order valence-corrected chi connectivity index (χ3v) is 5.72. The third kappa shape index (κ3) is 3.62. The number of carbonyl (C=O) groups is 1. The maximum atomic E-state index is 12.3. The smallest absolute Gasteiger partial charge is 0.263 e. The number of hydrogen-bond donors (Lipinski definition) is 2. The lowest BCUT2D eigenvalue weighted by Crippen LogP contribution is -2.30. The molecule has 1 aliphatic heterocycles. The molecule has 1 amide bonds. The standard InChI is InChI=1S/C19H21N3O3S/c1-12-8-9-13(2)16(10-12)14(3)21-18(23)11-20-19-15-6-4-5-7-17(15)26(24,25)22-19/h4-10,14H,11H2,1-3H3,(H,20,22)(H,21,23). The highest BCUT2D eigenvalue weighted by Crippen LogP contribution is 2.22. The van der Waals surface area contributed by atoms with Gasteiger partial charge in [0.15, 0.2) is 0 Å². The van der Waals surface area contributed by atoms with Crippen molar-refractivity contribution in [3.63, 3.8) is 0 Å². The quantitative estimate of drug-likeness (QED) is 0.864. The molecule has 0 radical (unpaired) electrons. The molecule has 7 heteroatoms. The molecule has 2 aromatic carbocycles. The van der Waals surface area contributed by atoms with E-state index in [0.29, 0.717) is 5.56 Å². The third-order valence-electron chi connectivity index (χ3n) is 4.32. The van der Waals surface area contributed by atoms with E-state index in [9.17, 15) is 13.2 Å². The van der Waals surface area contributed by atoms with Gasteiger partial charge in [0, 0.05) is 5.56 Å². The fraction of sp³-hybridized carbons (Fsp3) is 0.263. The number of amidine groups is 1. The first-order valence-electron chi connectivity index (χ1n) is 8.31. The van der Waals surface area contributed by atoms with Gasteiger partial charge in [0.2, 0.25) is 5.91 Å². The molecule has 0 fully saturated rings. The number of nitrogens with zero attached hydrogens (tertiary/aromatic N) is 1. The van der Waals surface area contributed by atoms with Crippen molar-refractivity contribution in [2.75, 3.05) is 6.54 Å². The fourth-order valence-electron chi connectivity index (χ4n) is 2.99. The highest BCUT2D eigenvalue weighted by atomic mass is 32.2. The number of amides is 1. The molecule has 0 saturated carbocycles. The van der Waals surface area contributed by atoms with Crippen molar-refractivity contribution in [2.45, 2.75) is 31.7 Å². The van der Waals surface area contributed by atoms with Crippen molar-refractivity contribution in [1.82, 2.24) is 10.0 Å². The van der Waals surface area contributed by atoms with Crippen LogP contribution in [0.25, 0.3) is 0 Å². The van der Waals surface area contributed by atoms with Gasteiger partial charge in [0.05, 0.1) is 10.9 Å². The number of rotatable bonds is 4. The van der Waals surface area contributed by atoms with Gasteiger partial charge in [-0.15, -0.1) is 0 Å². The molecule has 0 saturated heterocycles. The van der Waals surface area contributed by atoms with E-state index in [1.807, 2.05) is 39.0 Å². The summed E-state index contributed by atoms with van der Waals surface area (Å²) >= 11 is 0. The van der Waals surface area contributed by atoms with Crippen LogP contribution in [-0.4, -0.2) is 26.7 Å². The lowest BCUT2D eigenvalue weighted by atomic mass is 10.00. The molecule has 3 rings (SSSR count).